The van der Waals surface area contributed by atoms with E-state index in [0.717, 1.165) is 0 Å². The van der Waals surface area contributed by atoms with Crippen LogP contribution in [0.1, 0.15) is 10.4 Å². The first kappa shape index (κ1) is 14.9. The third-order valence-electron chi connectivity index (χ3n) is 2.31. The number of hydrogen-bond acceptors (Lipinski definition) is 5. The first-order chi connectivity index (χ1) is 8.58. The second-order valence-corrected chi connectivity index (χ2v) is 4.53. The van der Waals surface area contributed by atoms with Crippen LogP contribution in [0.4, 0.5) is 5.82 Å². The number of carbonyl (C=O) groups excluding carboxylic acids is 1. The van der Waals surface area contributed by atoms with Gasteiger partial charge in [0.1, 0.15) is 5.82 Å². The van der Waals surface area contributed by atoms with Gasteiger partial charge in [-0.1, -0.05) is 0 Å². The maximum atomic E-state index is 11.9. The predicted molar refractivity (Wildman–Crippen MR) is 71.4 cm³/mol. The summed E-state index contributed by atoms with van der Waals surface area (Å²) in [5, 5.41) is 2.72. The largest absolute Gasteiger partial charge is 0.383 e. The topological polar surface area (TPSA) is 86.5 Å². The number of carbonyl (C=O) groups is 1. The Balaban J connectivity index is 2.62. The lowest BCUT2D eigenvalue weighted by Gasteiger charge is -2.15. The van der Waals surface area contributed by atoms with Crippen molar-refractivity contribution < 1.29 is 14.3 Å². The molecule has 1 rings (SSSR count). The highest BCUT2D eigenvalue weighted by Crippen LogP contribution is 2.15. The highest BCUT2D eigenvalue weighted by atomic mass is 79.9. The van der Waals surface area contributed by atoms with E-state index in [2.05, 4.69) is 26.2 Å². The SMILES string of the molecule is COCC(CNC(=O)c1cc(Br)cnc1N)OC. The van der Waals surface area contributed by atoms with E-state index in [-0.39, 0.29) is 17.8 Å². The third-order valence-corrected chi connectivity index (χ3v) is 2.74. The normalized spacial score (nSPS) is 12.2. The minimum absolute atomic E-state index is 0.191. The van der Waals surface area contributed by atoms with Crippen molar-refractivity contribution in [2.45, 2.75) is 6.10 Å². The molecule has 1 atom stereocenters. The van der Waals surface area contributed by atoms with E-state index in [1.54, 1.807) is 20.3 Å². The number of aromatic nitrogens is 1. The maximum Gasteiger partial charge on any atom is 0.255 e. The zero-order chi connectivity index (χ0) is 13.5. The van der Waals surface area contributed by atoms with Crippen molar-refractivity contribution in [3.8, 4) is 0 Å². The summed E-state index contributed by atoms with van der Waals surface area (Å²) in [6.45, 7) is 0.748. The fraction of sp³-hybridized carbons (Fsp3) is 0.455. The van der Waals surface area contributed by atoms with Crippen LogP contribution in [0.25, 0.3) is 0 Å². The molecular weight excluding hydrogens is 302 g/mol. The van der Waals surface area contributed by atoms with E-state index in [0.29, 0.717) is 23.2 Å². The Labute approximate surface area is 114 Å². The van der Waals surface area contributed by atoms with Crippen molar-refractivity contribution in [3.63, 3.8) is 0 Å². The number of nitrogens with zero attached hydrogens (tertiary/aromatic N) is 1. The van der Waals surface area contributed by atoms with Crippen molar-refractivity contribution in [2.75, 3.05) is 33.1 Å². The van der Waals surface area contributed by atoms with Gasteiger partial charge in [0.25, 0.3) is 5.91 Å². The number of nitrogens with two attached hydrogens (primary N) is 1. The van der Waals surface area contributed by atoms with E-state index in [1.165, 1.54) is 6.20 Å². The number of rotatable bonds is 6. The van der Waals surface area contributed by atoms with Crippen LogP contribution in [-0.4, -0.2) is 44.4 Å². The molecule has 0 fully saturated rings. The molecule has 0 aliphatic carbocycles. The molecule has 0 saturated carbocycles. The molecule has 18 heavy (non-hydrogen) atoms. The first-order valence-corrected chi connectivity index (χ1v) is 6.08. The molecule has 3 N–H and O–H groups in total. The highest BCUT2D eigenvalue weighted by molar-refractivity contribution is 9.10. The quantitative estimate of drug-likeness (QED) is 0.811. The van der Waals surface area contributed by atoms with E-state index in [9.17, 15) is 4.79 Å². The molecule has 0 radical (unpaired) electrons. The Morgan fingerprint density at radius 3 is 2.94 bits per heavy atom. The van der Waals surface area contributed by atoms with Gasteiger partial charge >= 0.3 is 0 Å². The Morgan fingerprint density at radius 1 is 1.61 bits per heavy atom. The summed E-state index contributed by atoms with van der Waals surface area (Å²) < 4.78 is 10.8. The molecule has 0 spiro atoms. The van der Waals surface area contributed by atoms with Gasteiger partial charge in [0.05, 0.1) is 18.3 Å². The number of methoxy groups -OCH3 is 2. The third kappa shape index (κ3) is 4.25. The number of hydrogen-bond donors (Lipinski definition) is 2. The summed E-state index contributed by atoms with van der Waals surface area (Å²) in [4.78, 5) is 15.8. The first-order valence-electron chi connectivity index (χ1n) is 5.29. The van der Waals surface area contributed by atoms with Gasteiger partial charge in [-0.25, -0.2) is 4.98 Å². The second kappa shape index (κ2) is 7.30. The van der Waals surface area contributed by atoms with Crippen LogP contribution in [0.2, 0.25) is 0 Å². The van der Waals surface area contributed by atoms with Crippen molar-refractivity contribution in [1.29, 1.82) is 0 Å². The Bertz CT molecular complexity index is 415. The number of nitrogen functional groups attached to an aromatic ring is 1. The fourth-order valence-electron chi connectivity index (χ4n) is 1.33. The molecule has 100 valence electrons. The van der Waals surface area contributed by atoms with E-state index in [1.807, 2.05) is 0 Å². The van der Waals surface area contributed by atoms with E-state index >= 15 is 0 Å². The summed E-state index contributed by atoms with van der Waals surface area (Å²) in [5.41, 5.74) is 5.97. The Kier molecular flexibility index (Phi) is 6.03. The zero-order valence-corrected chi connectivity index (χ0v) is 11.9. The number of amides is 1. The lowest BCUT2D eigenvalue weighted by molar-refractivity contribution is 0.0285. The number of anilines is 1. The molecule has 1 heterocycles. The average molecular weight is 318 g/mol. The highest BCUT2D eigenvalue weighted by Gasteiger charge is 2.14. The minimum atomic E-state index is -0.292. The molecule has 0 aliphatic heterocycles. The smallest absolute Gasteiger partial charge is 0.255 e. The van der Waals surface area contributed by atoms with Crippen LogP contribution < -0.4 is 11.1 Å². The summed E-state index contributed by atoms with van der Waals surface area (Å²) in [5.74, 6) is -0.101. The van der Waals surface area contributed by atoms with Gasteiger partial charge in [0.15, 0.2) is 0 Å². The number of halogens is 1. The number of pyridine rings is 1. The van der Waals surface area contributed by atoms with Crippen LogP contribution in [0.3, 0.4) is 0 Å². The van der Waals surface area contributed by atoms with Crippen LogP contribution in [-0.2, 0) is 9.47 Å². The van der Waals surface area contributed by atoms with Crippen molar-refractivity contribution in [2.24, 2.45) is 0 Å². The lowest BCUT2D eigenvalue weighted by Crippen LogP contribution is -2.36. The van der Waals surface area contributed by atoms with Gasteiger partial charge in [-0.2, -0.15) is 0 Å². The molecule has 1 amide bonds. The van der Waals surface area contributed by atoms with Crippen molar-refractivity contribution in [3.05, 3.63) is 22.3 Å². The minimum Gasteiger partial charge on any atom is -0.383 e. The predicted octanol–water partition coefficient (Wildman–Crippen LogP) is 0.818. The Morgan fingerprint density at radius 2 is 2.33 bits per heavy atom. The molecule has 0 aliphatic rings. The summed E-state index contributed by atoms with van der Waals surface area (Å²) in [7, 11) is 3.13. The molecule has 0 bridgehead atoms. The Hall–Kier alpha value is -1.18. The molecule has 1 aromatic heterocycles. The molecule has 1 aromatic rings. The van der Waals surface area contributed by atoms with Crippen molar-refractivity contribution in [1.82, 2.24) is 10.3 Å². The molecule has 7 heteroatoms. The monoisotopic (exact) mass is 317 g/mol. The van der Waals surface area contributed by atoms with Crippen LogP contribution in [0.5, 0.6) is 0 Å². The second-order valence-electron chi connectivity index (χ2n) is 3.61. The van der Waals surface area contributed by atoms with Crippen LogP contribution >= 0.6 is 15.9 Å². The van der Waals surface area contributed by atoms with Crippen molar-refractivity contribution >= 4 is 27.7 Å². The van der Waals surface area contributed by atoms with Gasteiger partial charge < -0.3 is 20.5 Å². The summed E-state index contributed by atoms with van der Waals surface area (Å²) in [6, 6.07) is 1.62. The van der Waals surface area contributed by atoms with Gasteiger partial charge in [-0.05, 0) is 22.0 Å². The standard InChI is InChI=1S/C11H16BrN3O3/c1-17-6-8(18-2)5-15-11(16)9-3-7(12)4-14-10(9)13/h3-4,8H,5-6H2,1-2H3,(H2,13,14)(H,15,16). The lowest BCUT2D eigenvalue weighted by atomic mass is 10.2. The summed E-state index contributed by atoms with van der Waals surface area (Å²) >= 11 is 3.24. The van der Waals surface area contributed by atoms with Crippen LogP contribution in [0.15, 0.2) is 16.7 Å². The number of nitrogens with one attached hydrogen (secondary N) is 1. The molecule has 0 aromatic carbocycles. The molecule has 1 unspecified atom stereocenters. The van der Waals surface area contributed by atoms with E-state index in [4.69, 9.17) is 15.2 Å². The average Bonchev–Trinajstić information content (AvgIpc) is 2.37. The fourth-order valence-corrected chi connectivity index (χ4v) is 1.66. The van der Waals surface area contributed by atoms with Gasteiger partial charge in [0, 0.05) is 31.4 Å². The number of ether oxygens (including phenoxy) is 2. The molecular formula is C11H16BrN3O3. The summed E-state index contributed by atoms with van der Waals surface area (Å²) in [6.07, 6.45) is 1.34. The zero-order valence-electron chi connectivity index (χ0n) is 10.3. The van der Waals surface area contributed by atoms with E-state index < -0.39 is 0 Å². The van der Waals surface area contributed by atoms with Gasteiger partial charge in [-0.3, -0.25) is 4.79 Å². The van der Waals surface area contributed by atoms with Gasteiger partial charge in [-0.15, -0.1) is 0 Å². The molecule has 6 nitrogen and oxygen atoms in total. The maximum absolute atomic E-state index is 11.9. The van der Waals surface area contributed by atoms with Crippen LogP contribution in [0, 0.1) is 0 Å². The molecule has 0 saturated heterocycles. The van der Waals surface area contributed by atoms with Gasteiger partial charge in [0.2, 0.25) is 0 Å².